The summed E-state index contributed by atoms with van der Waals surface area (Å²) in [5, 5.41) is 4.03. The highest BCUT2D eigenvalue weighted by Crippen LogP contribution is 2.04. The van der Waals surface area contributed by atoms with Gasteiger partial charge in [0.1, 0.15) is 0 Å². The second-order valence-corrected chi connectivity index (χ2v) is 4.08. The van der Waals surface area contributed by atoms with Crippen molar-refractivity contribution >= 4 is 11.9 Å². The Kier molecular flexibility index (Phi) is 5.35. The Morgan fingerprint density at radius 1 is 1.44 bits per heavy atom. The zero-order valence-electron chi connectivity index (χ0n) is 11.0. The van der Waals surface area contributed by atoms with E-state index in [0.29, 0.717) is 13.2 Å². The molecule has 1 rings (SSSR count). The summed E-state index contributed by atoms with van der Waals surface area (Å²) >= 11 is 0. The van der Waals surface area contributed by atoms with Crippen molar-refractivity contribution in [1.82, 2.24) is 14.7 Å². The number of aryl methyl sites for hydroxylation is 1. The van der Waals surface area contributed by atoms with Crippen molar-refractivity contribution < 1.29 is 14.3 Å². The number of esters is 1. The molecular weight excluding hydrogens is 234 g/mol. The first kappa shape index (κ1) is 14.2. The first-order valence-corrected chi connectivity index (χ1v) is 5.90. The predicted molar refractivity (Wildman–Crippen MR) is 65.5 cm³/mol. The van der Waals surface area contributed by atoms with Gasteiger partial charge in [-0.25, -0.2) is 0 Å². The lowest BCUT2D eigenvalue weighted by atomic mass is 10.2. The highest BCUT2D eigenvalue weighted by molar-refractivity contribution is 5.81. The van der Waals surface area contributed by atoms with E-state index in [-0.39, 0.29) is 24.7 Å². The Balaban J connectivity index is 2.35. The van der Waals surface area contributed by atoms with Crippen LogP contribution in [0.2, 0.25) is 0 Å². The van der Waals surface area contributed by atoms with Gasteiger partial charge in [0, 0.05) is 38.8 Å². The predicted octanol–water partition coefficient (Wildman–Crippen LogP) is 0.722. The van der Waals surface area contributed by atoms with Gasteiger partial charge in [0.25, 0.3) is 0 Å². The van der Waals surface area contributed by atoms with E-state index < -0.39 is 0 Å². The molecule has 0 fully saturated rings. The van der Waals surface area contributed by atoms with E-state index in [4.69, 9.17) is 4.74 Å². The summed E-state index contributed by atoms with van der Waals surface area (Å²) in [7, 11) is 3.53. The van der Waals surface area contributed by atoms with Crippen LogP contribution in [0.15, 0.2) is 12.4 Å². The van der Waals surface area contributed by atoms with Crippen molar-refractivity contribution in [2.75, 3.05) is 13.7 Å². The minimum Gasteiger partial charge on any atom is -0.466 e. The maximum absolute atomic E-state index is 11.8. The molecule has 0 aliphatic carbocycles. The summed E-state index contributed by atoms with van der Waals surface area (Å²) in [6.45, 7) is 2.59. The van der Waals surface area contributed by atoms with Crippen LogP contribution in [-0.2, 0) is 27.9 Å². The molecular formula is C12H19N3O3. The number of hydrogen-bond acceptors (Lipinski definition) is 4. The van der Waals surface area contributed by atoms with Crippen molar-refractivity contribution in [3.63, 3.8) is 0 Å². The Morgan fingerprint density at radius 2 is 2.17 bits per heavy atom. The monoisotopic (exact) mass is 253 g/mol. The SMILES string of the molecule is CCOC(=O)CCC(=O)N(C)Cc1cnn(C)c1. The van der Waals surface area contributed by atoms with E-state index in [0.717, 1.165) is 5.56 Å². The molecule has 0 bridgehead atoms. The average molecular weight is 253 g/mol. The molecule has 100 valence electrons. The van der Waals surface area contributed by atoms with Gasteiger partial charge in [0.2, 0.25) is 5.91 Å². The van der Waals surface area contributed by atoms with Gasteiger partial charge in [0.15, 0.2) is 0 Å². The van der Waals surface area contributed by atoms with Crippen molar-refractivity contribution in [3.8, 4) is 0 Å². The molecule has 0 spiro atoms. The molecule has 1 aromatic heterocycles. The zero-order valence-corrected chi connectivity index (χ0v) is 11.0. The van der Waals surface area contributed by atoms with Crippen LogP contribution in [0.1, 0.15) is 25.3 Å². The van der Waals surface area contributed by atoms with Gasteiger partial charge >= 0.3 is 5.97 Å². The topological polar surface area (TPSA) is 64.4 Å². The smallest absolute Gasteiger partial charge is 0.306 e. The van der Waals surface area contributed by atoms with Gasteiger partial charge in [-0.2, -0.15) is 5.10 Å². The summed E-state index contributed by atoms with van der Waals surface area (Å²) < 4.78 is 6.46. The standard InChI is InChI=1S/C12H19N3O3/c1-4-18-12(17)6-5-11(16)14(2)8-10-7-13-15(3)9-10/h7,9H,4-6,8H2,1-3H3. The Labute approximate surface area is 107 Å². The lowest BCUT2D eigenvalue weighted by Gasteiger charge is -2.15. The first-order valence-electron chi connectivity index (χ1n) is 5.90. The van der Waals surface area contributed by atoms with E-state index >= 15 is 0 Å². The van der Waals surface area contributed by atoms with Crippen LogP contribution in [0.25, 0.3) is 0 Å². The van der Waals surface area contributed by atoms with E-state index in [1.54, 1.807) is 29.7 Å². The minimum atomic E-state index is -0.333. The van der Waals surface area contributed by atoms with Gasteiger partial charge in [-0.15, -0.1) is 0 Å². The Hall–Kier alpha value is -1.85. The quantitative estimate of drug-likeness (QED) is 0.701. The summed E-state index contributed by atoms with van der Waals surface area (Å²) in [5.41, 5.74) is 0.962. The third-order valence-electron chi connectivity index (χ3n) is 2.45. The van der Waals surface area contributed by atoms with E-state index in [2.05, 4.69) is 5.10 Å². The second kappa shape index (κ2) is 6.78. The molecule has 1 amide bonds. The maximum atomic E-state index is 11.8. The molecule has 0 N–H and O–H groups in total. The van der Waals surface area contributed by atoms with Crippen LogP contribution in [0.5, 0.6) is 0 Å². The molecule has 0 unspecified atom stereocenters. The Bertz CT molecular complexity index is 414. The lowest BCUT2D eigenvalue weighted by Crippen LogP contribution is -2.26. The highest BCUT2D eigenvalue weighted by Gasteiger charge is 2.12. The number of aromatic nitrogens is 2. The largest absolute Gasteiger partial charge is 0.466 e. The van der Waals surface area contributed by atoms with Crippen molar-refractivity contribution in [2.24, 2.45) is 7.05 Å². The molecule has 18 heavy (non-hydrogen) atoms. The molecule has 0 radical (unpaired) electrons. The molecule has 1 heterocycles. The average Bonchev–Trinajstić information content (AvgIpc) is 2.72. The van der Waals surface area contributed by atoms with Gasteiger partial charge in [-0.1, -0.05) is 0 Å². The second-order valence-electron chi connectivity index (χ2n) is 4.08. The fraction of sp³-hybridized carbons (Fsp3) is 0.583. The summed E-state index contributed by atoms with van der Waals surface area (Å²) in [5.74, 6) is -0.410. The number of carbonyl (C=O) groups excluding carboxylic acids is 2. The van der Waals surface area contributed by atoms with Gasteiger partial charge in [0.05, 0.1) is 19.2 Å². The van der Waals surface area contributed by atoms with E-state index in [1.165, 1.54) is 0 Å². The van der Waals surface area contributed by atoms with E-state index in [1.807, 2.05) is 13.2 Å². The molecule has 0 aliphatic rings. The van der Waals surface area contributed by atoms with E-state index in [9.17, 15) is 9.59 Å². The van der Waals surface area contributed by atoms with Gasteiger partial charge < -0.3 is 9.64 Å². The molecule has 0 aromatic carbocycles. The number of amides is 1. The minimum absolute atomic E-state index is 0.0769. The van der Waals surface area contributed by atoms with Gasteiger partial charge in [-0.3, -0.25) is 14.3 Å². The van der Waals surface area contributed by atoms with Crippen LogP contribution in [0.3, 0.4) is 0 Å². The lowest BCUT2D eigenvalue weighted by molar-refractivity contribution is -0.145. The van der Waals surface area contributed by atoms with Crippen LogP contribution in [0.4, 0.5) is 0 Å². The maximum Gasteiger partial charge on any atom is 0.306 e. The fourth-order valence-electron chi connectivity index (χ4n) is 1.55. The van der Waals surface area contributed by atoms with Crippen LogP contribution in [0, 0.1) is 0 Å². The molecule has 0 atom stereocenters. The number of hydrogen-bond donors (Lipinski definition) is 0. The number of ether oxygens (including phenoxy) is 1. The summed E-state index contributed by atoms with van der Waals surface area (Å²) in [6, 6.07) is 0. The fourth-order valence-corrected chi connectivity index (χ4v) is 1.55. The molecule has 6 nitrogen and oxygen atoms in total. The third kappa shape index (κ3) is 4.57. The summed E-state index contributed by atoms with van der Waals surface area (Å²) in [4.78, 5) is 24.5. The molecule has 0 aliphatic heterocycles. The molecule has 0 saturated heterocycles. The molecule has 6 heteroatoms. The van der Waals surface area contributed by atoms with Crippen molar-refractivity contribution in [2.45, 2.75) is 26.3 Å². The number of nitrogens with zero attached hydrogens (tertiary/aromatic N) is 3. The normalized spacial score (nSPS) is 10.2. The summed E-state index contributed by atoms with van der Waals surface area (Å²) in [6.07, 6.45) is 3.88. The molecule has 0 saturated carbocycles. The Morgan fingerprint density at radius 3 is 2.72 bits per heavy atom. The van der Waals surface area contributed by atoms with Gasteiger partial charge in [-0.05, 0) is 6.92 Å². The number of rotatable bonds is 6. The third-order valence-corrected chi connectivity index (χ3v) is 2.45. The zero-order chi connectivity index (χ0) is 13.5. The highest BCUT2D eigenvalue weighted by atomic mass is 16.5. The first-order chi connectivity index (χ1) is 8.52. The number of carbonyl (C=O) groups is 2. The van der Waals surface area contributed by atoms with Crippen LogP contribution in [-0.4, -0.2) is 40.2 Å². The molecule has 1 aromatic rings. The van der Waals surface area contributed by atoms with Crippen LogP contribution >= 0.6 is 0 Å². The van der Waals surface area contributed by atoms with Crippen molar-refractivity contribution in [1.29, 1.82) is 0 Å². The van der Waals surface area contributed by atoms with Crippen LogP contribution < -0.4 is 0 Å². The van der Waals surface area contributed by atoms with Crippen molar-refractivity contribution in [3.05, 3.63) is 18.0 Å².